The number of piperidine rings is 1. The molecule has 2 aromatic heterocycles. The molecule has 0 unspecified atom stereocenters. The third kappa shape index (κ3) is 5.46. The number of carbonyl (C=O) groups is 1. The standard InChI is InChI=1S/C32H30N4O2S2/c1-22-10-12-25(13-11-22)21-36-31(38)27(40-32(36)39)20-26-29(33-28-9-5-6-16-35(28)30(26)37)34-17-14-24(15-18-34)19-23-7-3-2-4-8-23/h2-13,16,20,24H,14-15,17-19,21H2,1H3. The summed E-state index contributed by atoms with van der Waals surface area (Å²) in [4.78, 5) is 36.4. The Bertz CT molecular complexity index is 1660. The summed E-state index contributed by atoms with van der Waals surface area (Å²) < 4.78 is 2.04. The van der Waals surface area contributed by atoms with Crippen LogP contribution in [0.4, 0.5) is 5.82 Å². The van der Waals surface area contributed by atoms with Gasteiger partial charge in [0.2, 0.25) is 0 Å². The van der Waals surface area contributed by atoms with E-state index in [0.29, 0.717) is 38.7 Å². The number of benzene rings is 2. The number of aromatic nitrogens is 2. The Labute approximate surface area is 243 Å². The molecule has 2 aliphatic rings. The van der Waals surface area contributed by atoms with Crippen LogP contribution < -0.4 is 10.5 Å². The number of fused-ring (bicyclic) bond motifs is 1. The number of thioether (sulfide) groups is 1. The summed E-state index contributed by atoms with van der Waals surface area (Å²) in [5.41, 5.74) is 4.37. The predicted molar refractivity (Wildman–Crippen MR) is 166 cm³/mol. The van der Waals surface area contributed by atoms with Crippen LogP contribution in [-0.4, -0.2) is 37.6 Å². The van der Waals surface area contributed by atoms with Crippen LogP contribution in [0, 0.1) is 12.8 Å². The van der Waals surface area contributed by atoms with E-state index < -0.39 is 0 Å². The second-order valence-corrected chi connectivity index (χ2v) is 12.1. The van der Waals surface area contributed by atoms with Crippen LogP contribution in [0.2, 0.25) is 0 Å². The Balaban J connectivity index is 1.29. The first-order chi connectivity index (χ1) is 19.5. The van der Waals surface area contributed by atoms with Crippen molar-refractivity contribution in [1.29, 1.82) is 0 Å². The highest BCUT2D eigenvalue weighted by Gasteiger charge is 2.33. The fraction of sp³-hybridized carbons (Fsp3) is 0.250. The maximum Gasteiger partial charge on any atom is 0.267 e. The molecule has 6 nitrogen and oxygen atoms in total. The maximum absolute atomic E-state index is 13.8. The van der Waals surface area contributed by atoms with E-state index in [4.69, 9.17) is 17.2 Å². The third-order valence-electron chi connectivity index (χ3n) is 7.64. The number of aryl methyl sites for hydroxylation is 1. The number of anilines is 1. The molecule has 0 saturated carbocycles. The maximum atomic E-state index is 13.8. The monoisotopic (exact) mass is 566 g/mol. The molecule has 202 valence electrons. The highest BCUT2D eigenvalue weighted by atomic mass is 32.2. The first-order valence-electron chi connectivity index (χ1n) is 13.6. The highest BCUT2D eigenvalue weighted by molar-refractivity contribution is 8.26. The van der Waals surface area contributed by atoms with Gasteiger partial charge in [-0.25, -0.2) is 4.98 Å². The van der Waals surface area contributed by atoms with E-state index in [-0.39, 0.29) is 11.5 Å². The van der Waals surface area contributed by atoms with Crippen LogP contribution in [0.1, 0.15) is 35.1 Å². The van der Waals surface area contributed by atoms with Gasteiger partial charge in [0, 0.05) is 19.3 Å². The molecule has 2 saturated heterocycles. The van der Waals surface area contributed by atoms with Gasteiger partial charge in [0.25, 0.3) is 11.5 Å². The van der Waals surface area contributed by atoms with Gasteiger partial charge < -0.3 is 4.90 Å². The number of rotatable bonds is 6. The normalized spacial score (nSPS) is 17.4. The van der Waals surface area contributed by atoms with Gasteiger partial charge in [0.15, 0.2) is 0 Å². The van der Waals surface area contributed by atoms with Crippen molar-refractivity contribution in [3.05, 3.63) is 117 Å². The Morgan fingerprint density at radius 3 is 2.42 bits per heavy atom. The first-order valence-corrected chi connectivity index (χ1v) is 14.8. The molecule has 0 bridgehead atoms. The van der Waals surface area contributed by atoms with Gasteiger partial charge in [-0.2, -0.15) is 0 Å². The summed E-state index contributed by atoms with van der Waals surface area (Å²) in [6.45, 7) is 4.05. The molecular formula is C32H30N4O2S2. The molecule has 4 aromatic rings. The first kappa shape index (κ1) is 26.5. The Morgan fingerprint density at radius 2 is 1.68 bits per heavy atom. The number of hydrogen-bond acceptors (Lipinski definition) is 6. The molecule has 0 spiro atoms. The molecule has 6 rings (SSSR count). The van der Waals surface area contributed by atoms with Crippen molar-refractivity contribution >= 4 is 51.7 Å². The lowest BCUT2D eigenvalue weighted by atomic mass is 9.90. The van der Waals surface area contributed by atoms with Crippen LogP contribution in [0.25, 0.3) is 11.7 Å². The van der Waals surface area contributed by atoms with E-state index in [2.05, 4.69) is 29.2 Å². The van der Waals surface area contributed by atoms with Crippen molar-refractivity contribution in [2.75, 3.05) is 18.0 Å². The lowest BCUT2D eigenvalue weighted by Gasteiger charge is -2.33. The second kappa shape index (κ2) is 11.4. The summed E-state index contributed by atoms with van der Waals surface area (Å²) in [6, 6.07) is 24.2. The Kier molecular flexibility index (Phi) is 7.54. The molecule has 2 aliphatic heterocycles. The molecule has 0 radical (unpaired) electrons. The molecular weight excluding hydrogens is 537 g/mol. The summed E-state index contributed by atoms with van der Waals surface area (Å²) in [5, 5.41) is 0. The SMILES string of the molecule is Cc1ccc(CN2C(=O)C(=Cc3c(N4CCC(Cc5ccccc5)CC4)nc4ccccn4c3=O)SC2=S)cc1. The van der Waals surface area contributed by atoms with Gasteiger partial charge in [-0.05, 0) is 61.4 Å². The molecule has 2 fully saturated rings. The summed E-state index contributed by atoms with van der Waals surface area (Å²) in [5.74, 6) is 1.04. The molecule has 0 atom stereocenters. The van der Waals surface area contributed by atoms with Crippen molar-refractivity contribution < 1.29 is 4.79 Å². The minimum atomic E-state index is -0.184. The smallest absolute Gasteiger partial charge is 0.267 e. The summed E-state index contributed by atoms with van der Waals surface area (Å²) in [7, 11) is 0. The number of hydrogen-bond donors (Lipinski definition) is 0. The molecule has 0 aliphatic carbocycles. The largest absolute Gasteiger partial charge is 0.356 e. The van der Waals surface area contributed by atoms with Gasteiger partial charge >= 0.3 is 0 Å². The third-order valence-corrected chi connectivity index (χ3v) is 9.02. The van der Waals surface area contributed by atoms with Gasteiger partial charge in [-0.3, -0.25) is 18.9 Å². The highest BCUT2D eigenvalue weighted by Crippen LogP contribution is 2.35. The van der Waals surface area contributed by atoms with Crippen LogP contribution in [-0.2, 0) is 17.8 Å². The fourth-order valence-corrected chi connectivity index (χ4v) is 6.64. The van der Waals surface area contributed by atoms with Gasteiger partial charge in [-0.1, -0.05) is 90.2 Å². The Morgan fingerprint density at radius 1 is 0.950 bits per heavy atom. The molecule has 0 N–H and O–H groups in total. The van der Waals surface area contributed by atoms with Crippen molar-refractivity contribution in [3.8, 4) is 0 Å². The van der Waals surface area contributed by atoms with Crippen molar-refractivity contribution in [1.82, 2.24) is 14.3 Å². The van der Waals surface area contributed by atoms with Crippen molar-refractivity contribution in [2.24, 2.45) is 5.92 Å². The van der Waals surface area contributed by atoms with Gasteiger partial charge in [-0.15, -0.1) is 0 Å². The topological polar surface area (TPSA) is 57.9 Å². The zero-order chi connectivity index (χ0) is 27.6. The van der Waals surface area contributed by atoms with Crippen LogP contribution >= 0.6 is 24.0 Å². The minimum absolute atomic E-state index is 0.180. The number of amides is 1. The molecule has 8 heteroatoms. The summed E-state index contributed by atoms with van der Waals surface area (Å²) in [6.07, 6.45) is 6.51. The molecule has 40 heavy (non-hydrogen) atoms. The number of thiocarbonyl (C=S) groups is 1. The van der Waals surface area contributed by atoms with E-state index in [1.807, 2.05) is 55.5 Å². The van der Waals surface area contributed by atoms with E-state index in [1.54, 1.807) is 21.6 Å². The van der Waals surface area contributed by atoms with Crippen LogP contribution in [0.15, 0.2) is 88.7 Å². The fourth-order valence-electron chi connectivity index (χ4n) is 5.40. The van der Waals surface area contributed by atoms with Gasteiger partial charge in [0.05, 0.1) is 17.0 Å². The lowest BCUT2D eigenvalue weighted by Crippen LogP contribution is -2.37. The molecule has 1 amide bonds. The average Bonchev–Trinajstić information content (AvgIpc) is 3.24. The minimum Gasteiger partial charge on any atom is -0.356 e. The summed E-state index contributed by atoms with van der Waals surface area (Å²) >= 11 is 6.83. The van der Waals surface area contributed by atoms with E-state index >= 15 is 0 Å². The van der Waals surface area contributed by atoms with E-state index in [9.17, 15) is 9.59 Å². The quantitative estimate of drug-likeness (QED) is 0.215. The van der Waals surface area contributed by atoms with Crippen molar-refractivity contribution in [2.45, 2.75) is 32.7 Å². The van der Waals surface area contributed by atoms with Crippen LogP contribution in [0.3, 0.4) is 0 Å². The average molecular weight is 567 g/mol. The Hall–Kier alpha value is -3.75. The van der Waals surface area contributed by atoms with Crippen LogP contribution in [0.5, 0.6) is 0 Å². The zero-order valence-corrected chi connectivity index (χ0v) is 24.0. The van der Waals surface area contributed by atoms with Crippen molar-refractivity contribution in [3.63, 3.8) is 0 Å². The predicted octanol–water partition coefficient (Wildman–Crippen LogP) is 5.86. The zero-order valence-electron chi connectivity index (χ0n) is 22.3. The number of nitrogens with zero attached hydrogens (tertiary/aromatic N) is 4. The molecule has 2 aromatic carbocycles. The second-order valence-electron chi connectivity index (χ2n) is 10.5. The number of carbonyl (C=O) groups excluding carboxylic acids is 1. The number of pyridine rings is 1. The van der Waals surface area contributed by atoms with Gasteiger partial charge in [0.1, 0.15) is 15.8 Å². The molecule has 4 heterocycles. The van der Waals surface area contributed by atoms with E-state index in [0.717, 1.165) is 43.5 Å². The lowest BCUT2D eigenvalue weighted by molar-refractivity contribution is -0.122. The van der Waals surface area contributed by atoms with E-state index in [1.165, 1.54) is 17.3 Å².